The first kappa shape index (κ1) is 16.0. The normalized spacial score (nSPS) is 24.5. The Hall–Kier alpha value is -2.52. The Labute approximate surface area is 147 Å². The molecule has 3 aliphatic rings. The second-order valence-electron chi connectivity index (χ2n) is 7.07. The highest BCUT2D eigenvalue weighted by Gasteiger charge is 2.52. The molecule has 1 amide bonds. The van der Waals surface area contributed by atoms with Gasteiger partial charge in [0.15, 0.2) is 5.69 Å². The van der Waals surface area contributed by atoms with Crippen LogP contribution in [-0.4, -0.2) is 64.7 Å². The number of rotatable bonds is 4. The molecule has 1 saturated carbocycles. The summed E-state index contributed by atoms with van der Waals surface area (Å²) in [6.45, 7) is 2.55. The Morgan fingerprint density at radius 2 is 2.12 bits per heavy atom. The van der Waals surface area contributed by atoms with E-state index in [-0.39, 0.29) is 5.91 Å². The van der Waals surface area contributed by atoms with Gasteiger partial charge in [-0.1, -0.05) is 0 Å². The van der Waals surface area contributed by atoms with E-state index in [2.05, 4.69) is 35.0 Å². The molecule has 2 aliphatic heterocycles. The molecular weight excluding hydrogens is 316 g/mol. The molecule has 0 radical (unpaired) electrons. The summed E-state index contributed by atoms with van der Waals surface area (Å²) in [6, 6.07) is 6.74. The molecule has 1 aromatic carbocycles. The zero-order valence-corrected chi connectivity index (χ0v) is 14.3. The lowest BCUT2D eigenvalue weighted by molar-refractivity contribution is -0.0887. The SMILES string of the molecule is C#C.CN1CC2C1CN2C(=O)c1n[nH]c2ccc(OCC3CC3)cc12. The summed E-state index contributed by atoms with van der Waals surface area (Å²) < 4.78 is 5.83. The van der Waals surface area contributed by atoms with Crippen molar-refractivity contribution in [3.63, 3.8) is 0 Å². The monoisotopic (exact) mass is 338 g/mol. The number of benzene rings is 1. The van der Waals surface area contributed by atoms with Crippen LogP contribution in [0, 0.1) is 18.8 Å². The first-order chi connectivity index (χ1) is 12.2. The molecule has 2 atom stereocenters. The second kappa shape index (κ2) is 6.08. The third-order valence-electron chi connectivity index (χ3n) is 5.45. The first-order valence-electron chi connectivity index (χ1n) is 8.66. The number of likely N-dealkylation sites (N-methyl/N-ethyl adjacent to an activating group) is 1. The molecule has 1 aromatic heterocycles. The summed E-state index contributed by atoms with van der Waals surface area (Å²) in [5.41, 5.74) is 1.40. The predicted octanol–water partition coefficient (Wildman–Crippen LogP) is 1.74. The van der Waals surface area contributed by atoms with Gasteiger partial charge in [-0.25, -0.2) is 0 Å². The quantitative estimate of drug-likeness (QED) is 0.863. The topological polar surface area (TPSA) is 61.5 Å². The number of carbonyl (C=O) groups is 1. The minimum Gasteiger partial charge on any atom is -0.493 e. The zero-order chi connectivity index (χ0) is 17.6. The van der Waals surface area contributed by atoms with Crippen LogP contribution in [0.15, 0.2) is 18.2 Å². The number of aromatic amines is 1. The Bertz CT molecular complexity index is 823. The third kappa shape index (κ3) is 2.65. The molecule has 0 bridgehead atoms. The second-order valence-corrected chi connectivity index (χ2v) is 7.07. The minimum absolute atomic E-state index is 0.0324. The summed E-state index contributed by atoms with van der Waals surface area (Å²) >= 11 is 0. The van der Waals surface area contributed by atoms with Crippen molar-refractivity contribution in [2.24, 2.45) is 5.92 Å². The summed E-state index contributed by atoms with van der Waals surface area (Å²) in [4.78, 5) is 17.0. The van der Waals surface area contributed by atoms with Crippen molar-refractivity contribution in [2.45, 2.75) is 24.9 Å². The number of fused-ring (bicyclic) bond motifs is 2. The van der Waals surface area contributed by atoms with Crippen molar-refractivity contribution in [3.05, 3.63) is 23.9 Å². The fourth-order valence-corrected chi connectivity index (χ4v) is 3.59. The lowest BCUT2D eigenvalue weighted by atomic mass is 9.86. The Morgan fingerprint density at radius 1 is 1.32 bits per heavy atom. The number of nitrogens with zero attached hydrogens (tertiary/aromatic N) is 3. The van der Waals surface area contributed by atoms with Crippen LogP contribution < -0.4 is 4.74 Å². The summed E-state index contributed by atoms with van der Waals surface area (Å²) in [6.07, 6.45) is 10.5. The van der Waals surface area contributed by atoms with Crippen LogP contribution in [-0.2, 0) is 0 Å². The minimum atomic E-state index is 0.0324. The first-order valence-corrected chi connectivity index (χ1v) is 8.66. The largest absolute Gasteiger partial charge is 0.493 e. The summed E-state index contributed by atoms with van der Waals surface area (Å²) in [5.74, 6) is 1.57. The smallest absolute Gasteiger partial charge is 0.275 e. The number of H-pyrrole nitrogens is 1. The Morgan fingerprint density at radius 3 is 2.76 bits per heavy atom. The molecule has 0 spiro atoms. The Balaban J connectivity index is 0.000000758. The van der Waals surface area contributed by atoms with Crippen molar-refractivity contribution >= 4 is 16.8 Å². The van der Waals surface area contributed by atoms with Gasteiger partial charge in [-0.15, -0.1) is 12.8 Å². The number of hydrogen-bond donors (Lipinski definition) is 1. The average Bonchev–Trinajstić information content (AvgIpc) is 3.36. The van der Waals surface area contributed by atoms with E-state index < -0.39 is 0 Å². The maximum absolute atomic E-state index is 12.8. The molecule has 1 aliphatic carbocycles. The van der Waals surface area contributed by atoms with Gasteiger partial charge in [-0.3, -0.25) is 14.8 Å². The lowest BCUT2D eigenvalue weighted by Crippen LogP contribution is -2.78. The molecule has 3 fully saturated rings. The van der Waals surface area contributed by atoms with Gasteiger partial charge in [0, 0.05) is 24.5 Å². The van der Waals surface area contributed by atoms with Crippen molar-refractivity contribution in [1.29, 1.82) is 0 Å². The fraction of sp³-hybridized carbons (Fsp3) is 0.474. The van der Waals surface area contributed by atoms with E-state index in [9.17, 15) is 4.79 Å². The van der Waals surface area contributed by atoms with Gasteiger partial charge >= 0.3 is 0 Å². The van der Waals surface area contributed by atoms with E-state index in [1.165, 1.54) is 12.8 Å². The summed E-state index contributed by atoms with van der Waals surface area (Å²) in [7, 11) is 2.11. The van der Waals surface area contributed by atoms with Gasteiger partial charge in [-0.2, -0.15) is 5.10 Å². The number of terminal acetylenes is 1. The van der Waals surface area contributed by atoms with Crippen molar-refractivity contribution in [2.75, 3.05) is 26.7 Å². The molecule has 2 aromatic rings. The van der Waals surface area contributed by atoms with Crippen LogP contribution in [0.3, 0.4) is 0 Å². The standard InChI is InChI=1S/C17H20N4O2.C2H2/c1-20-7-15-14(20)8-21(15)17(22)16-12-6-11(23-9-10-2-3-10)4-5-13(12)18-19-16;1-2/h4-6,10,14-15H,2-3,7-9H2,1H3,(H,18,19);1-2H. The maximum atomic E-state index is 12.8. The maximum Gasteiger partial charge on any atom is 0.275 e. The molecule has 6 nitrogen and oxygen atoms in total. The fourth-order valence-electron chi connectivity index (χ4n) is 3.59. The van der Waals surface area contributed by atoms with E-state index in [0.717, 1.165) is 36.3 Å². The number of aromatic nitrogens is 2. The molecule has 130 valence electrons. The van der Waals surface area contributed by atoms with Gasteiger partial charge < -0.3 is 9.64 Å². The molecule has 2 unspecified atom stereocenters. The van der Waals surface area contributed by atoms with Crippen molar-refractivity contribution in [3.8, 4) is 18.6 Å². The van der Waals surface area contributed by atoms with Gasteiger partial charge in [-0.05, 0) is 44.0 Å². The van der Waals surface area contributed by atoms with Gasteiger partial charge in [0.2, 0.25) is 0 Å². The van der Waals surface area contributed by atoms with Crippen LogP contribution in [0.5, 0.6) is 5.75 Å². The van der Waals surface area contributed by atoms with Crippen molar-refractivity contribution in [1.82, 2.24) is 20.0 Å². The number of amides is 1. The van der Waals surface area contributed by atoms with Crippen LogP contribution in [0.25, 0.3) is 10.9 Å². The predicted molar refractivity (Wildman–Crippen MR) is 95.4 cm³/mol. The number of nitrogens with one attached hydrogen (secondary N) is 1. The van der Waals surface area contributed by atoms with Crippen molar-refractivity contribution < 1.29 is 9.53 Å². The number of likely N-dealkylation sites (tertiary alicyclic amines) is 2. The highest BCUT2D eigenvalue weighted by molar-refractivity contribution is 6.05. The van der Waals surface area contributed by atoms with E-state index in [1.807, 2.05) is 23.1 Å². The highest BCUT2D eigenvalue weighted by atomic mass is 16.5. The van der Waals surface area contributed by atoms with Crippen LogP contribution >= 0.6 is 0 Å². The van der Waals surface area contributed by atoms with Crippen LogP contribution in [0.2, 0.25) is 0 Å². The number of hydrogen-bond acceptors (Lipinski definition) is 4. The van der Waals surface area contributed by atoms with E-state index in [0.29, 0.717) is 23.7 Å². The molecule has 25 heavy (non-hydrogen) atoms. The molecule has 5 rings (SSSR count). The number of piperazine rings is 1. The molecular formula is C19H22N4O2. The van der Waals surface area contributed by atoms with Crippen LogP contribution in [0.1, 0.15) is 23.3 Å². The molecule has 2 saturated heterocycles. The number of carbonyl (C=O) groups excluding carboxylic acids is 1. The lowest BCUT2D eigenvalue weighted by Gasteiger charge is -2.60. The molecule has 1 N–H and O–H groups in total. The van der Waals surface area contributed by atoms with Gasteiger partial charge in [0.25, 0.3) is 5.91 Å². The highest BCUT2D eigenvalue weighted by Crippen LogP contribution is 2.34. The number of ether oxygens (including phenoxy) is 1. The summed E-state index contributed by atoms with van der Waals surface area (Å²) in [5, 5.41) is 8.09. The van der Waals surface area contributed by atoms with E-state index >= 15 is 0 Å². The Kier molecular flexibility index (Phi) is 3.89. The zero-order valence-electron chi connectivity index (χ0n) is 14.3. The van der Waals surface area contributed by atoms with E-state index in [1.54, 1.807) is 0 Å². The van der Waals surface area contributed by atoms with E-state index in [4.69, 9.17) is 4.74 Å². The molecule has 3 heterocycles. The van der Waals surface area contributed by atoms with Crippen LogP contribution in [0.4, 0.5) is 0 Å². The van der Waals surface area contributed by atoms with Gasteiger partial charge in [0.05, 0.1) is 18.2 Å². The molecule has 6 heteroatoms. The average molecular weight is 338 g/mol. The third-order valence-corrected chi connectivity index (χ3v) is 5.45. The van der Waals surface area contributed by atoms with Gasteiger partial charge in [0.1, 0.15) is 5.75 Å².